The van der Waals surface area contributed by atoms with Gasteiger partial charge < -0.3 is 17.1 Å². The fourth-order valence-electron chi connectivity index (χ4n) is 3.72. The van der Waals surface area contributed by atoms with Crippen LogP contribution in [-0.4, -0.2) is 54.3 Å². The van der Waals surface area contributed by atoms with Crippen molar-refractivity contribution in [2.45, 2.75) is 37.5 Å². The maximum absolute atomic E-state index is 12.7. The third kappa shape index (κ3) is 3.24. The van der Waals surface area contributed by atoms with Crippen molar-refractivity contribution in [3.63, 3.8) is 0 Å². The number of carbonyl (C=O) groups excluding carboxylic acids is 1. The molecule has 138 valence electrons. The Hall–Kier alpha value is -1.57. The Balaban J connectivity index is 0.00000243. The van der Waals surface area contributed by atoms with E-state index in [0.717, 1.165) is 29.4 Å². The summed E-state index contributed by atoms with van der Waals surface area (Å²) in [6.07, 6.45) is 5.47. The minimum absolute atomic E-state index is 0. The van der Waals surface area contributed by atoms with Crippen molar-refractivity contribution in [2.24, 2.45) is 0 Å². The van der Waals surface area contributed by atoms with E-state index in [4.69, 9.17) is 4.74 Å². The van der Waals surface area contributed by atoms with Crippen LogP contribution in [0.3, 0.4) is 0 Å². The summed E-state index contributed by atoms with van der Waals surface area (Å²) < 4.78 is 28.6. The minimum Gasteiger partial charge on any atom is -0.468 e. The van der Waals surface area contributed by atoms with Crippen LogP contribution in [0.25, 0.3) is 11.0 Å². The molecule has 11 heteroatoms. The van der Waals surface area contributed by atoms with Gasteiger partial charge in [0.25, 0.3) is 5.69 Å². The van der Waals surface area contributed by atoms with E-state index in [1.54, 1.807) is 0 Å². The van der Waals surface area contributed by atoms with Crippen molar-refractivity contribution in [2.75, 3.05) is 7.11 Å². The molecule has 0 bridgehead atoms. The van der Waals surface area contributed by atoms with Gasteiger partial charge in [0.05, 0.1) is 17.6 Å². The zero-order valence-corrected chi connectivity index (χ0v) is 18.7. The number of hydrogen-bond donors (Lipinski definition) is 0. The summed E-state index contributed by atoms with van der Waals surface area (Å²) in [4.78, 5) is 27.6. The van der Waals surface area contributed by atoms with E-state index in [1.165, 1.54) is 19.4 Å². The number of rotatable bonds is 4. The van der Waals surface area contributed by atoms with Crippen LogP contribution >= 0.6 is 0 Å². The first-order valence-corrected chi connectivity index (χ1v) is 8.78. The molecule has 0 saturated heterocycles. The second kappa shape index (κ2) is 7.98. The van der Waals surface area contributed by atoms with Crippen LogP contribution in [0.5, 0.6) is 0 Å². The van der Waals surface area contributed by atoms with Crippen LogP contribution in [0.4, 0.5) is 5.69 Å². The SMILES string of the molecule is COC(=O)C1(c2c([N+](=O)[O-])cnc3c2ccn3[S-](=O)=O)CCCCC1.[Pb]. The summed E-state index contributed by atoms with van der Waals surface area (Å²) in [6.45, 7) is 0. The van der Waals surface area contributed by atoms with Crippen LogP contribution in [0.1, 0.15) is 37.7 Å². The van der Waals surface area contributed by atoms with Crippen molar-refractivity contribution >= 4 is 60.9 Å². The van der Waals surface area contributed by atoms with Crippen LogP contribution < -0.4 is 0 Å². The Morgan fingerprint density at radius 2 is 2.00 bits per heavy atom. The smallest absolute Gasteiger partial charge is 0.316 e. The molecule has 2 aromatic rings. The van der Waals surface area contributed by atoms with E-state index in [9.17, 15) is 23.3 Å². The minimum atomic E-state index is -2.61. The van der Waals surface area contributed by atoms with Crippen LogP contribution in [0.2, 0.25) is 0 Å². The summed E-state index contributed by atoms with van der Waals surface area (Å²) in [7, 11) is -1.36. The average Bonchev–Trinajstić information content (AvgIpc) is 3.04. The Kier molecular flexibility index (Phi) is 6.37. The van der Waals surface area contributed by atoms with Gasteiger partial charge in [0, 0.05) is 43.6 Å². The number of pyridine rings is 1. The van der Waals surface area contributed by atoms with Gasteiger partial charge in [-0.15, -0.1) is 0 Å². The van der Waals surface area contributed by atoms with Gasteiger partial charge in [-0.2, -0.15) is 0 Å². The van der Waals surface area contributed by atoms with E-state index >= 15 is 0 Å². The molecule has 0 N–H and O–H groups in total. The third-order valence-electron chi connectivity index (χ3n) is 4.78. The van der Waals surface area contributed by atoms with E-state index < -0.39 is 27.2 Å². The summed E-state index contributed by atoms with van der Waals surface area (Å²) in [5.74, 6) is -0.543. The quantitative estimate of drug-likeness (QED) is 0.180. The first-order valence-electron chi connectivity index (χ1n) is 7.75. The molecular weight excluding hydrogens is 557 g/mol. The van der Waals surface area contributed by atoms with E-state index in [-0.39, 0.29) is 49.6 Å². The van der Waals surface area contributed by atoms with Crippen molar-refractivity contribution in [1.82, 2.24) is 8.96 Å². The van der Waals surface area contributed by atoms with Gasteiger partial charge in [0.1, 0.15) is 17.3 Å². The monoisotopic (exact) mass is 574 g/mol. The number of fused-ring (bicyclic) bond motifs is 1. The molecular formula is C15H16N3O6PbS-. The molecule has 4 radical (unpaired) electrons. The number of nitro groups is 1. The number of esters is 1. The molecule has 1 saturated carbocycles. The standard InChI is InChI=1S/C15H16N3O6S.Pb/c1-24-14(19)15(6-3-2-4-7-15)12-10-5-8-17(25(22)23)13(10)16-9-11(12)18(20)21;/h5,8-9H,2-4,6-7H2,1H3;/q-1;. The van der Waals surface area contributed by atoms with Gasteiger partial charge in [0.15, 0.2) is 0 Å². The molecule has 0 atom stereocenters. The predicted octanol–water partition coefficient (Wildman–Crippen LogP) is 2.01. The van der Waals surface area contributed by atoms with Crippen molar-refractivity contribution in [3.8, 4) is 0 Å². The van der Waals surface area contributed by atoms with Crippen LogP contribution in [-0.2, 0) is 34.3 Å². The number of methoxy groups -OCH3 is 1. The Morgan fingerprint density at radius 3 is 2.54 bits per heavy atom. The normalized spacial score (nSPS) is 16.2. The molecule has 1 aliphatic rings. The topological polar surface area (TPSA) is 121 Å². The molecule has 2 heterocycles. The Morgan fingerprint density at radius 1 is 1.35 bits per heavy atom. The molecule has 0 aliphatic heterocycles. The summed E-state index contributed by atoms with van der Waals surface area (Å²) >= 11 is 0. The maximum atomic E-state index is 12.7. The van der Waals surface area contributed by atoms with Gasteiger partial charge in [-0.05, 0) is 25.1 Å². The number of ether oxygens (including phenoxy) is 1. The summed E-state index contributed by atoms with van der Waals surface area (Å²) in [5, 5.41) is 11.9. The molecule has 0 unspecified atom stereocenters. The largest absolute Gasteiger partial charge is 0.468 e. The first kappa shape index (κ1) is 20.7. The first-order chi connectivity index (χ1) is 11.9. The van der Waals surface area contributed by atoms with Crippen molar-refractivity contribution in [3.05, 3.63) is 34.1 Å². The average molecular weight is 574 g/mol. The number of nitrogens with zero attached hydrogens (tertiary/aromatic N) is 3. The zero-order valence-electron chi connectivity index (χ0n) is 14.0. The second-order valence-corrected chi connectivity index (χ2v) is 6.83. The van der Waals surface area contributed by atoms with E-state index in [0.29, 0.717) is 12.8 Å². The third-order valence-corrected chi connectivity index (χ3v) is 5.40. The molecule has 0 amide bonds. The molecule has 2 aromatic heterocycles. The van der Waals surface area contributed by atoms with Gasteiger partial charge in [-0.1, -0.05) is 19.3 Å². The van der Waals surface area contributed by atoms with Crippen LogP contribution in [0.15, 0.2) is 18.5 Å². The van der Waals surface area contributed by atoms with Crippen LogP contribution in [0, 0.1) is 10.1 Å². The fourth-order valence-corrected chi connectivity index (χ4v) is 4.17. The molecule has 1 aliphatic carbocycles. The molecule has 0 aromatic carbocycles. The second-order valence-electron chi connectivity index (χ2n) is 6.01. The molecule has 3 rings (SSSR count). The summed E-state index contributed by atoms with van der Waals surface area (Å²) in [6, 6.07) is 1.44. The van der Waals surface area contributed by atoms with Gasteiger partial charge in [0.2, 0.25) is 0 Å². The van der Waals surface area contributed by atoms with Crippen molar-refractivity contribution in [1.29, 1.82) is 0 Å². The van der Waals surface area contributed by atoms with E-state index in [2.05, 4.69) is 4.98 Å². The van der Waals surface area contributed by atoms with E-state index in [1.807, 2.05) is 0 Å². The fraction of sp³-hybridized carbons (Fsp3) is 0.467. The zero-order chi connectivity index (χ0) is 18.2. The molecule has 9 nitrogen and oxygen atoms in total. The summed E-state index contributed by atoms with van der Waals surface area (Å²) in [5.41, 5.74) is -1.22. The molecule has 1 fully saturated rings. The number of carbonyl (C=O) groups is 1. The molecule has 26 heavy (non-hydrogen) atoms. The number of hydrogen-bond acceptors (Lipinski definition) is 8. The van der Waals surface area contributed by atoms with Gasteiger partial charge >= 0.3 is 5.97 Å². The van der Waals surface area contributed by atoms with Gasteiger partial charge in [-0.3, -0.25) is 14.9 Å². The molecule has 0 spiro atoms. The predicted molar refractivity (Wildman–Crippen MR) is 93.1 cm³/mol. The Bertz CT molecular complexity index is 925. The Labute approximate surface area is 171 Å². The van der Waals surface area contributed by atoms with Crippen molar-refractivity contribution < 1.29 is 22.9 Å². The maximum Gasteiger partial charge on any atom is 0.316 e. The number of aromatic nitrogens is 2. The van der Waals surface area contributed by atoms with Gasteiger partial charge in [-0.25, -0.2) is 4.98 Å².